The Balaban J connectivity index is 1.83. The molecule has 1 aromatic carbocycles. The third kappa shape index (κ3) is 3.09. The molecule has 0 saturated carbocycles. The van der Waals surface area contributed by atoms with Crippen LogP contribution in [-0.4, -0.2) is 10.1 Å². The van der Waals surface area contributed by atoms with E-state index in [-0.39, 0.29) is 17.9 Å². The number of hydrogen-bond acceptors (Lipinski definition) is 3. The predicted octanol–water partition coefficient (Wildman–Crippen LogP) is 5.42. The van der Waals surface area contributed by atoms with Crippen molar-refractivity contribution in [2.75, 3.05) is 4.90 Å². The van der Waals surface area contributed by atoms with Crippen LogP contribution in [0.3, 0.4) is 0 Å². The maximum absolute atomic E-state index is 13.8. The summed E-state index contributed by atoms with van der Waals surface area (Å²) in [5.74, 6) is -0.233. The van der Waals surface area contributed by atoms with E-state index in [1.807, 2.05) is 41.3 Å². The maximum atomic E-state index is 13.8. The molecule has 1 saturated heterocycles. The fourth-order valence-corrected chi connectivity index (χ4v) is 4.72. The first-order chi connectivity index (χ1) is 12.5. The molecule has 1 aliphatic heterocycles. The lowest BCUT2D eigenvalue weighted by Crippen LogP contribution is -2.29. The SMILES string of the molecule is Cc1cc(N2C(=S)N[C@@H](c3ccccn3)[C@H]2c2ccc(Cl)s2)ccc1F. The van der Waals surface area contributed by atoms with Crippen LogP contribution in [0, 0.1) is 12.7 Å². The van der Waals surface area contributed by atoms with Crippen LogP contribution in [0.5, 0.6) is 0 Å². The Hall–Kier alpha value is -2.02. The lowest BCUT2D eigenvalue weighted by Gasteiger charge is -2.27. The number of pyridine rings is 1. The van der Waals surface area contributed by atoms with Gasteiger partial charge in [0.05, 0.1) is 22.1 Å². The molecule has 0 spiro atoms. The first kappa shape index (κ1) is 17.4. The largest absolute Gasteiger partial charge is 0.351 e. The van der Waals surface area contributed by atoms with Gasteiger partial charge in [0.25, 0.3) is 0 Å². The summed E-state index contributed by atoms with van der Waals surface area (Å²) in [7, 11) is 0. The van der Waals surface area contributed by atoms with Crippen molar-refractivity contribution in [1.82, 2.24) is 10.3 Å². The van der Waals surface area contributed by atoms with Crippen molar-refractivity contribution in [2.24, 2.45) is 0 Å². The Morgan fingerprint density at radius 3 is 2.73 bits per heavy atom. The molecule has 0 amide bonds. The minimum absolute atomic E-state index is 0.111. The van der Waals surface area contributed by atoms with Crippen LogP contribution in [0.2, 0.25) is 4.34 Å². The summed E-state index contributed by atoms with van der Waals surface area (Å²) in [6.45, 7) is 1.75. The Morgan fingerprint density at radius 2 is 2.08 bits per heavy atom. The van der Waals surface area contributed by atoms with Gasteiger partial charge in [-0.25, -0.2) is 4.39 Å². The number of halogens is 2. The van der Waals surface area contributed by atoms with Gasteiger partial charge in [0.1, 0.15) is 5.82 Å². The van der Waals surface area contributed by atoms with Crippen LogP contribution in [0.25, 0.3) is 0 Å². The standard InChI is InChI=1S/C19H15ClFN3S2/c1-11-10-12(5-6-13(11)21)24-18(15-7-8-16(20)26-15)17(23-19(24)25)14-4-2-3-9-22-14/h2-10,17-18H,1H3,(H,23,25)/t17-,18+/m0/s1. The fraction of sp³-hybridized carbons (Fsp3) is 0.158. The van der Waals surface area contributed by atoms with E-state index in [1.54, 1.807) is 19.2 Å². The molecule has 4 rings (SSSR count). The van der Waals surface area contributed by atoms with Gasteiger partial charge in [-0.15, -0.1) is 11.3 Å². The highest BCUT2D eigenvalue weighted by Gasteiger charge is 2.41. The molecule has 1 N–H and O–H groups in total. The average Bonchev–Trinajstić information content (AvgIpc) is 3.21. The highest BCUT2D eigenvalue weighted by atomic mass is 35.5. The predicted molar refractivity (Wildman–Crippen MR) is 108 cm³/mol. The molecule has 3 heterocycles. The van der Waals surface area contributed by atoms with Gasteiger partial charge in [-0.3, -0.25) is 4.98 Å². The molecule has 0 aliphatic carbocycles. The van der Waals surface area contributed by atoms with Gasteiger partial charge in [0.15, 0.2) is 5.11 Å². The molecule has 1 aliphatic rings. The van der Waals surface area contributed by atoms with Crippen molar-refractivity contribution < 1.29 is 4.39 Å². The number of anilines is 1. The molecule has 2 atom stereocenters. The quantitative estimate of drug-likeness (QED) is 0.591. The van der Waals surface area contributed by atoms with Gasteiger partial charge in [-0.05, 0) is 67.2 Å². The molecule has 3 aromatic rings. The van der Waals surface area contributed by atoms with Crippen LogP contribution in [0.4, 0.5) is 10.1 Å². The van der Waals surface area contributed by atoms with Gasteiger partial charge in [0, 0.05) is 16.8 Å². The summed E-state index contributed by atoms with van der Waals surface area (Å²) < 4.78 is 14.5. The molecule has 132 valence electrons. The Kier molecular flexibility index (Phi) is 4.65. The number of thiocarbonyl (C=S) groups is 1. The van der Waals surface area contributed by atoms with Crippen LogP contribution in [0.1, 0.15) is 28.2 Å². The van der Waals surface area contributed by atoms with Crippen molar-refractivity contribution >= 4 is 46.0 Å². The van der Waals surface area contributed by atoms with Crippen LogP contribution < -0.4 is 10.2 Å². The summed E-state index contributed by atoms with van der Waals surface area (Å²) >= 11 is 13.3. The van der Waals surface area contributed by atoms with E-state index >= 15 is 0 Å². The zero-order valence-corrected chi connectivity index (χ0v) is 16.2. The highest BCUT2D eigenvalue weighted by molar-refractivity contribution is 7.80. The molecular weight excluding hydrogens is 389 g/mol. The molecule has 1 fully saturated rings. The van der Waals surface area contributed by atoms with E-state index in [0.29, 0.717) is 15.0 Å². The first-order valence-electron chi connectivity index (χ1n) is 8.06. The van der Waals surface area contributed by atoms with E-state index in [9.17, 15) is 4.39 Å². The van der Waals surface area contributed by atoms with Crippen molar-refractivity contribution in [3.63, 3.8) is 0 Å². The number of aryl methyl sites for hydroxylation is 1. The third-order valence-electron chi connectivity index (χ3n) is 4.40. The number of benzene rings is 1. The second-order valence-electron chi connectivity index (χ2n) is 6.07. The number of nitrogens with zero attached hydrogens (tertiary/aromatic N) is 2. The van der Waals surface area contributed by atoms with Gasteiger partial charge in [0.2, 0.25) is 0 Å². The van der Waals surface area contributed by atoms with Crippen molar-refractivity contribution in [2.45, 2.75) is 19.0 Å². The maximum Gasteiger partial charge on any atom is 0.174 e. The monoisotopic (exact) mass is 403 g/mol. The van der Waals surface area contributed by atoms with Crippen molar-refractivity contribution in [3.05, 3.63) is 81.0 Å². The number of nitrogens with one attached hydrogen (secondary N) is 1. The minimum Gasteiger partial charge on any atom is -0.351 e. The first-order valence-corrected chi connectivity index (χ1v) is 9.67. The minimum atomic E-state index is -0.233. The van der Waals surface area contributed by atoms with E-state index in [0.717, 1.165) is 16.3 Å². The topological polar surface area (TPSA) is 28.2 Å². The Bertz CT molecular complexity index is 960. The summed E-state index contributed by atoms with van der Waals surface area (Å²) in [5.41, 5.74) is 2.31. The second kappa shape index (κ2) is 6.95. The van der Waals surface area contributed by atoms with Gasteiger partial charge in [-0.1, -0.05) is 17.7 Å². The third-order valence-corrected chi connectivity index (χ3v) is 6.02. The molecule has 3 nitrogen and oxygen atoms in total. The average molecular weight is 404 g/mol. The van der Waals surface area contributed by atoms with E-state index in [1.165, 1.54) is 17.4 Å². The van der Waals surface area contributed by atoms with Crippen molar-refractivity contribution in [1.29, 1.82) is 0 Å². The zero-order chi connectivity index (χ0) is 18.3. The van der Waals surface area contributed by atoms with E-state index < -0.39 is 0 Å². The zero-order valence-electron chi connectivity index (χ0n) is 13.8. The second-order valence-corrected chi connectivity index (χ2v) is 8.21. The van der Waals surface area contributed by atoms with E-state index in [2.05, 4.69) is 10.3 Å². The van der Waals surface area contributed by atoms with Crippen LogP contribution in [-0.2, 0) is 0 Å². The summed E-state index contributed by atoms with van der Waals surface area (Å²) in [5, 5.41) is 3.96. The van der Waals surface area contributed by atoms with E-state index in [4.69, 9.17) is 23.8 Å². The van der Waals surface area contributed by atoms with Crippen LogP contribution in [0.15, 0.2) is 54.7 Å². The summed E-state index contributed by atoms with van der Waals surface area (Å²) in [6, 6.07) is 14.5. The van der Waals surface area contributed by atoms with Gasteiger partial charge in [-0.2, -0.15) is 0 Å². The highest BCUT2D eigenvalue weighted by Crippen LogP contribution is 2.44. The molecular formula is C19H15ClFN3S2. The molecule has 2 aromatic heterocycles. The Morgan fingerprint density at radius 1 is 1.23 bits per heavy atom. The van der Waals surface area contributed by atoms with Gasteiger partial charge >= 0.3 is 0 Å². The fourth-order valence-electron chi connectivity index (χ4n) is 3.19. The number of rotatable bonds is 3. The van der Waals surface area contributed by atoms with Crippen molar-refractivity contribution in [3.8, 4) is 0 Å². The number of thiophene rings is 1. The molecule has 0 unspecified atom stereocenters. The van der Waals surface area contributed by atoms with Gasteiger partial charge < -0.3 is 10.2 Å². The molecule has 0 radical (unpaired) electrons. The molecule has 0 bridgehead atoms. The lowest BCUT2D eigenvalue weighted by atomic mass is 10.0. The smallest absolute Gasteiger partial charge is 0.174 e. The van der Waals surface area contributed by atoms with Crippen LogP contribution >= 0.6 is 35.2 Å². The molecule has 7 heteroatoms. The lowest BCUT2D eigenvalue weighted by molar-refractivity contribution is 0.574. The molecule has 26 heavy (non-hydrogen) atoms. The Labute approximate surface area is 165 Å². The number of hydrogen-bond donors (Lipinski definition) is 1. The number of aromatic nitrogens is 1. The summed E-state index contributed by atoms with van der Waals surface area (Å²) in [4.78, 5) is 7.59. The normalized spacial score (nSPS) is 19.7. The summed E-state index contributed by atoms with van der Waals surface area (Å²) in [6.07, 6.45) is 1.77.